The third-order valence-electron chi connectivity index (χ3n) is 4.58. The van der Waals surface area contributed by atoms with E-state index in [-0.39, 0.29) is 11.3 Å². The van der Waals surface area contributed by atoms with Crippen LogP contribution in [0.5, 0.6) is 0 Å². The van der Waals surface area contributed by atoms with Crippen molar-refractivity contribution in [2.75, 3.05) is 10.6 Å². The number of aromatic amines is 1. The van der Waals surface area contributed by atoms with Crippen molar-refractivity contribution in [3.05, 3.63) is 30.2 Å². The molecule has 0 aromatic carbocycles. The van der Waals surface area contributed by atoms with E-state index in [9.17, 15) is 4.79 Å². The Labute approximate surface area is 136 Å². The first kappa shape index (κ1) is 13.2. The molecular formula is C15H14N8O. The number of carbonyl (C=O) groups is 1. The van der Waals surface area contributed by atoms with Crippen LogP contribution in [-0.2, 0) is 17.3 Å². The molecule has 9 nitrogen and oxygen atoms in total. The van der Waals surface area contributed by atoms with Crippen molar-refractivity contribution in [3.63, 3.8) is 0 Å². The summed E-state index contributed by atoms with van der Waals surface area (Å²) in [7, 11) is 1.85. The number of nitrogens with zero attached hydrogens (tertiary/aromatic N) is 5. The molecule has 0 bridgehead atoms. The second kappa shape index (κ2) is 4.40. The second-order valence-electron chi connectivity index (χ2n) is 6.15. The topological polar surface area (TPSA) is 113 Å². The third-order valence-corrected chi connectivity index (χ3v) is 4.58. The van der Waals surface area contributed by atoms with Crippen molar-refractivity contribution in [2.45, 2.75) is 18.3 Å². The SMILES string of the molecule is Cn1ccc(-c2[nH]ncc2Nc2ncc3c(n2)NC(=O)C32CC2)n1. The summed E-state index contributed by atoms with van der Waals surface area (Å²) in [5.41, 5.74) is 2.77. The number of fused-ring (bicyclic) bond motifs is 2. The quantitative estimate of drug-likeness (QED) is 0.670. The number of rotatable bonds is 3. The van der Waals surface area contributed by atoms with Gasteiger partial charge in [-0.25, -0.2) is 4.98 Å². The van der Waals surface area contributed by atoms with E-state index in [2.05, 4.69) is 35.9 Å². The molecule has 24 heavy (non-hydrogen) atoms. The van der Waals surface area contributed by atoms with Gasteiger partial charge in [0.1, 0.15) is 17.2 Å². The predicted octanol–water partition coefficient (Wildman–Crippen LogP) is 1.33. The highest BCUT2D eigenvalue weighted by Crippen LogP contribution is 2.54. The van der Waals surface area contributed by atoms with E-state index in [1.807, 2.05) is 19.3 Å². The second-order valence-corrected chi connectivity index (χ2v) is 6.15. The van der Waals surface area contributed by atoms with Gasteiger partial charge < -0.3 is 10.6 Å². The lowest BCUT2D eigenvalue weighted by molar-refractivity contribution is -0.117. The van der Waals surface area contributed by atoms with Crippen molar-refractivity contribution in [3.8, 4) is 11.4 Å². The van der Waals surface area contributed by atoms with Gasteiger partial charge in [-0.05, 0) is 18.9 Å². The first-order valence-electron chi connectivity index (χ1n) is 7.65. The molecule has 1 saturated carbocycles. The van der Waals surface area contributed by atoms with Gasteiger partial charge in [0.05, 0.1) is 17.3 Å². The molecule has 1 spiro atoms. The Morgan fingerprint density at radius 1 is 1.33 bits per heavy atom. The van der Waals surface area contributed by atoms with Gasteiger partial charge in [0.25, 0.3) is 0 Å². The minimum atomic E-state index is -0.372. The van der Waals surface area contributed by atoms with E-state index >= 15 is 0 Å². The zero-order valence-corrected chi connectivity index (χ0v) is 12.9. The van der Waals surface area contributed by atoms with Crippen LogP contribution in [0.2, 0.25) is 0 Å². The summed E-state index contributed by atoms with van der Waals surface area (Å²) in [6, 6.07) is 1.89. The molecule has 3 N–H and O–H groups in total. The Morgan fingerprint density at radius 2 is 2.21 bits per heavy atom. The molecule has 4 heterocycles. The first-order valence-corrected chi connectivity index (χ1v) is 7.65. The fourth-order valence-corrected chi connectivity index (χ4v) is 3.10. The number of H-pyrrole nitrogens is 1. The van der Waals surface area contributed by atoms with Gasteiger partial charge in [0, 0.05) is 25.0 Å². The summed E-state index contributed by atoms with van der Waals surface area (Å²) in [5, 5.41) is 17.3. The van der Waals surface area contributed by atoms with Gasteiger partial charge in [0.2, 0.25) is 11.9 Å². The standard InChI is InChI=1S/C15H14N8O/c1-23-5-2-9(22-23)11-10(7-17-21-11)18-14-16-6-8-12(20-14)19-13(24)15(8)3-4-15/h2,5-7H,3-4H2,1H3,(H,17,21)(H2,16,18,19,20,24). The van der Waals surface area contributed by atoms with Gasteiger partial charge in [-0.15, -0.1) is 0 Å². The largest absolute Gasteiger partial charge is 0.321 e. The fourth-order valence-electron chi connectivity index (χ4n) is 3.10. The van der Waals surface area contributed by atoms with Gasteiger partial charge in [0.15, 0.2) is 0 Å². The van der Waals surface area contributed by atoms with E-state index in [1.54, 1.807) is 17.1 Å². The predicted molar refractivity (Wildman–Crippen MR) is 85.6 cm³/mol. The monoisotopic (exact) mass is 322 g/mol. The molecule has 0 radical (unpaired) electrons. The molecule has 120 valence electrons. The van der Waals surface area contributed by atoms with Crippen LogP contribution in [0.15, 0.2) is 24.7 Å². The maximum absolute atomic E-state index is 12.1. The third kappa shape index (κ3) is 1.78. The lowest BCUT2D eigenvalue weighted by Gasteiger charge is -2.06. The van der Waals surface area contributed by atoms with Gasteiger partial charge >= 0.3 is 0 Å². The minimum Gasteiger partial charge on any atom is -0.321 e. The van der Waals surface area contributed by atoms with Crippen LogP contribution in [0.3, 0.4) is 0 Å². The number of hydrogen-bond donors (Lipinski definition) is 3. The molecule has 1 fully saturated rings. The van der Waals surface area contributed by atoms with Crippen LogP contribution in [-0.4, -0.2) is 35.9 Å². The van der Waals surface area contributed by atoms with Crippen molar-refractivity contribution >= 4 is 23.4 Å². The Hall–Kier alpha value is -3.23. The van der Waals surface area contributed by atoms with Crippen LogP contribution >= 0.6 is 0 Å². The summed E-state index contributed by atoms with van der Waals surface area (Å²) in [5.74, 6) is 1.03. The maximum Gasteiger partial charge on any atom is 0.236 e. The summed E-state index contributed by atoms with van der Waals surface area (Å²) in [4.78, 5) is 20.8. The van der Waals surface area contributed by atoms with E-state index in [1.165, 1.54) is 0 Å². The minimum absolute atomic E-state index is 0.0291. The van der Waals surface area contributed by atoms with Gasteiger partial charge in [-0.2, -0.15) is 15.2 Å². The lowest BCUT2D eigenvalue weighted by atomic mass is 10.0. The van der Waals surface area contributed by atoms with Gasteiger partial charge in [-0.1, -0.05) is 0 Å². The fraction of sp³-hybridized carbons (Fsp3) is 0.267. The zero-order valence-electron chi connectivity index (χ0n) is 12.9. The lowest BCUT2D eigenvalue weighted by Crippen LogP contribution is -2.18. The molecule has 1 amide bonds. The van der Waals surface area contributed by atoms with E-state index in [0.717, 1.165) is 35.5 Å². The normalized spacial score (nSPS) is 17.0. The molecule has 0 unspecified atom stereocenters. The average Bonchev–Trinajstić information content (AvgIpc) is 2.90. The molecule has 0 saturated heterocycles. The van der Waals surface area contributed by atoms with Crippen LogP contribution in [0, 0.1) is 0 Å². The summed E-state index contributed by atoms with van der Waals surface area (Å²) < 4.78 is 1.72. The summed E-state index contributed by atoms with van der Waals surface area (Å²) in [6.07, 6.45) is 6.98. The highest BCUT2D eigenvalue weighted by atomic mass is 16.2. The maximum atomic E-state index is 12.1. The molecule has 0 atom stereocenters. The number of aryl methyl sites for hydroxylation is 1. The smallest absolute Gasteiger partial charge is 0.236 e. The molecule has 9 heteroatoms. The van der Waals surface area contributed by atoms with Crippen LogP contribution in [0.1, 0.15) is 18.4 Å². The molecule has 2 aliphatic rings. The molecule has 3 aromatic rings. The van der Waals surface area contributed by atoms with Crippen LogP contribution in [0.4, 0.5) is 17.5 Å². The van der Waals surface area contributed by atoms with E-state index in [0.29, 0.717) is 11.8 Å². The Morgan fingerprint density at radius 3 is 2.96 bits per heavy atom. The Bertz CT molecular complexity index is 968. The molecule has 1 aliphatic heterocycles. The zero-order chi connectivity index (χ0) is 16.3. The van der Waals surface area contributed by atoms with Gasteiger partial charge in [-0.3, -0.25) is 14.6 Å². The Balaban J connectivity index is 1.47. The van der Waals surface area contributed by atoms with Crippen LogP contribution in [0.25, 0.3) is 11.4 Å². The summed E-state index contributed by atoms with van der Waals surface area (Å²) in [6.45, 7) is 0. The van der Waals surface area contributed by atoms with Crippen molar-refractivity contribution in [2.24, 2.45) is 7.05 Å². The average molecular weight is 322 g/mol. The molecule has 5 rings (SSSR count). The number of amides is 1. The number of aromatic nitrogens is 6. The van der Waals surface area contributed by atoms with Crippen molar-refractivity contribution in [1.82, 2.24) is 29.9 Å². The number of anilines is 3. The number of carbonyl (C=O) groups excluding carboxylic acids is 1. The van der Waals surface area contributed by atoms with E-state index in [4.69, 9.17) is 0 Å². The highest BCUT2D eigenvalue weighted by Gasteiger charge is 2.57. The van der Waals surface area contributed by atoms with Crippen LogP contribution < -0.4 is 10.6 Å². The van der Waals surface area contributed by atoms with Crippen molar-refractivity contribution < 1.29 is 4.79 Å². The number of nitrogens with one attached hydrogen (secondary N) is 3. The van der Waals surface area contributed by atoms with Crippen molar-refractivity contribution in [1.29, 1.82) is 0 Å². The summed E-state index contributed by atoms with van der Waals surface area (Å²) >= 11 is 0. The molecule has 3 aromatic heterocycles. The first-order chi connectivity index (χ1) is 11.7. The van der Waals surface area contributed by atoms with E-state index < -0.39 is 0 Å². The molecular weight excluding hydrogens is 308 g/mol. The highest BCUT2D eigenvalue weighted by molar-refractivity contribution is 6.07. The number of hydrogen-bond acceptors (Lipinski definition) is 6. The Kier molecular flexibility index (Phi) is 2.43. The molecule has 1 aliphatic carbocycles.